The minimum Gasteiger partial charge on any atom is -0.383 e. The number of aromatic nitrogens is 4. The van der Waals surface area contributed by atoms with E-state index in [-0.39, 0.29) is 35.2 Å². The number of nitrogens with one attached hydrogen (secondary N) is 1. The predicted octanol–water partition coefficient (Wildman–Crippen LogP) is 2.73. The van der Waals surface area contributed by atoms with Crippen LogP contribution in [0.25, 0.3) is 10.8 Å². The molecule has 3 N–H and O–H groups in total. The summed E-state index contributed by atoms with van der Waals surface area (Å²) < 4.78 is 2.59. The lowest BCUT2D eigenvalue weighted by atomic mass is 10.1. The summed E-state index contributed by atoms with van der Waals surface area (Å²) in [5, 5.41) is 5.21. The summed E-state index contributed by atoms with van der Waals surface area (Å²) in [5.74, 6) is -0.645. The van der Waals surface area contributed by atoms with Crippen molar-refractivity contribution in [2.24, 2.45) is 5.92 Å². The molecule has 0 saturated carbocycles. The summed E-state index contributed by atoms with van der Waals surface area (Å²) in [7, 11) is 0. The van der Waals surface area contributed by atoms with Crippen LogP contribution in [0.1, 0.15) is 63.9 Å². The second-order valence-corrected chi connectivity index (χ2v) is 9.08. The third-order valence-corrected chi connectivity index (χ3v) is 5.81. The molecule has 0 aliphatic rings. The Morgan fingerprint density at radius 2 is 1.69 bits per heavy atom. The maximum atomic E-state index is 14.0. The smallest absolute Gasteiger partial charge is 0.330 e. The van der Waals surface area contributed by atoms with Crippen LogP contribution >= 0.6 is 0 Å². The molecule has 3 rings (SSSR count). The molecule has 35 heavy (non-hydrogen) atoms. The average Bonchev–Trinajstić information content (AvgIpc) is 2.82. The van der Waals surface area contributed by atoms with Gasteiger partial charge in [-0.25, -0.2) is 9.48 Å². The lowest BCUT2D eigenvalue weighted by Crippen LogP contribution is -2.43. The van der Waals surface area contributed by atoms with Crippen LogP contribution in [-0.2, 0) is 13.1 Å². The van der Waals surface area contributed by atoms with Crippen molar-refractivity contribution in [2.75, 3.05) is 17.2 Å². The molecule has 0 fully saturated rings. The fourth-order valence-electron chi connectivity index (χ4n) is 4.00. The number of benzene rings is 1. The Morgan fingerprint density at radius 3 is 2.31 bits per heavy atom. The Morgan fingerprint density at radius 1 is 1.06 bits per heavy atom. The fraction of sp³-hybridized carbons (Fsp3) is 0.480. The number of carbonyl (C=O) groups is 1. The third-order valence-electron chi connectivity index (χ3n) is 5.81. The highest BCUT2D eigenvalue weighted by Crippen LogP contribution is 2.23. The van der Waals surface area contributed by atoms with Crippen LogP contribution in [0.5, 0.6) is 0 Å². The number of aryl methyl sites for hydroxylation is 1. The standard InChI is InChI=1S/C25H34N6O4/c1-5-7-13-29-21(26)20(22(32)27-25(29)35)30(15-16(3)4)24(34)19-17-11-9-10-12-18(17)23(33)31(28-19)14-8-6-2/h9-12,16H,5-8,13-15,26H2,1-4H3,(H,27,32,35). The van der Waals surface area contributed by atoms with E-state index in [0.717, 1.165) is 19.3 Å². The predicted molar refractivity (Wildman–Crippen MR) is 138 cm³/mol. The first-order valence-corrected chi connectivity index (χ1v) is 12.2. The van der Waals surface area contributed by atoms with Gasteiger partial charge >= 0.3 is 5.69 Å². The molecular formula is C25H34N6O4. The van der Waals surface area contributed by atoms with Crippen molar-refractivity contribution in [1.82, 2.24) is 19.3 Å². The molecule has 0 aliphatic carbocycles. The van der Waals surface area contributed by atoms with Crippen molar-refractivity contribution in [3.8, 4) is 0 Å². The molecule has 2 aromatic heterocycles. The SMILES string of the molecule is CCCCn1nc(C(=O)N(CC(C)C)c2c(N)n(CCCC)c(=O)[nH]c2=O)c2ccccc2c1=O. The summed E-state index contributed by atoms with van der Waals surface area (Å²) in [6.45, 7) is 8.66. The first-order valence-electron chi connectivity index (χ1n) is 12.2. The molecule has 0 unspecified atom stereocenters. The number of nitrogens with zero attached hydrogens (tertiary/aromatic N) is 4. The number of carbonyl (C=O) groups excluding carboxylic acids is 1. The van der Waals surface area contributed by atoms with Crippen molar-refractivity contribution in [2.45, 2.75) is 66.5 Å². The number of hydrogen-bond donors (Lipinski definition) is 2. The normalized spacial score (nSPS) is 11.3. The highest BCUT2D eigenvalue weighted by Gasteiger charge is 2.29. The monoisotopic (exact) mass is 482 g/mol. The van der Waals surface area contributed by atoms with E-state index in [2.05, 4.69) is 10.1 Å². The van der Waals surface area contributed by atoms with Gasteiger partial charge in [-0.3, -0.25) is 28.8 Å². The van der Waals surface area contributed by atoms with Gasteiger partial charge in [-0.2, -0.15) is 5.10 Å². The van der Waals surface area contributed by atoms with E-state index in [1.165, 1.54) is 14.1 Å². The Labute approximate surface area is 203 Å². The van der Waals surface area contributed by atoms with Gasteiger partial charge in [-0.05, 0) is 24.8 Å². The number of unbranched alkanes of at least 4 members (excludes halogenated alkanes) is 2. The van der Waals surface area contributed by atoms with E-state index in [1.54, 1.807) is 24.3 Å². The molecule has 1 amide bonds. The van der Waals surface area contributed by atoms with Gasteiger partial charge in [0.25, 0.3) is 17.0 Å². The van der Waals surface area contributed by atoms with E-state index in [1.807, 2.05) is 27.7 Å². The van der Waals surface area contributed by atoms with Gasteiger partial charge in [0.05, 0.1) is 5.39 Å². The van der Waals surface area contributed by atoms with Crippen LogP contribution in [-0.4, -0.2) is 31.8 Å². The van der Waals surface area contributed by atoms with Gasteiger partial charge in [0.15, 0.2) is 11.4 Å². The van der Waals surface area contributed by atoms with Gasteiger partial charge < -0.3 is 5.73 Å². The quantitative estimate of drug-likeness (QED) is 0.456. The maximum absolute atomic E-state index is 14.0. The Kier molecular flexibility index (Phi) is 8.26. The van der Waals surface area contributed by atoms with Crippen LogP contribution in [0.15, 0.2) is 38.6 Å². The summed E-state index contributed by atoms with van der Waals surface area (Å²) in [6.07, 6.45) is 3.09. The van der Waals surface area contributed by atoms with Crippen molar-refractivity contribution in [3.05, 3.63) is 61.2 Å². The number of amides is 1. The second kappa shape index (κ2) is 11.2. The zero-order valence-electron chi connectivity index (χ0n) is 20.8. The van der Waals surface area contributed by atoms with E-state index >= 15 is 0 Å². The molecule has 0 bridgehead atoms. The molecule has 1 aromatic carbocycles. The Hall–Kier alpha value is -3.69. The van der Waals surface area contributed by atoms with E-state index in [4.69, 9.17) is 5.73 Å². The number of hydrogen-bond acceptors (Lipinski definition) is 6. The van der Waals surface area contributed by atoms with Crippen LogP contribution in [0.2, 0.25) is 0 Å². The van der Waals surface area contributed by atoms with Crippen LogP contribution in [0.4, 0.5) is 11.5 Å². The average molecular weight is 483 g/mol. The van der Waals surface area contributed by atoms with Crippen LogP contribution in [0, 0.1) is 5.92 Å². The molecule has 188 valence electrons. The maximum Gasteiger partial charge on any atom is 0.330 e. The summed E-state index contributed by atoms with van der Waals surface area (Å²) >= 11 is 0. The minimum atomic E-state index is -0.738. The number of anilines is 2. The molecule has 0 saturated heterocycles. The largest absolute Gasteiger partial charge is 0.383 e. The lowest BCUT2D eigenvalue weighted by Gasteiger charge is -2.26. The number of aromatic amines is 1. The summed E-state index contributed by atoms with van der Waals surface area (Å²) in [4.78, 5) is 56.0. The molecule has 2 heterocycles. The molecule has 0 aliphatic heterocycles. The number of fused-ring (bicyclic) bond motifs is 1. The second-order valence-electron chi connectivity index (χ2n) is 9.08. The first kappa shape index (κ1) is 25.9. The first-order chi connectivity index (χ1) is 16.7. The molecule has 3 aromatic rings. The van der Waals surface area contributed by atoms with Gasteiger partial charge in [-0.1, -0.05) is 58.7 Å². The third kappa shape index (κ3) is 5.36. The fourth-order valence-corrected chi connectivity index (χ4v) is 4.00. The van der Waals surface area contributed by atoms with Crippen molar-refractivity contribution in [3.63, 3.8) is 0 Å². The van der Waals surface area contributed by atoms with Gasteiger partial charge in [0.2, 0.25) is 0 Å². The zero-order chi connectivity index (χ0) is 25.7. The summed E-state index contributed by atoms with van der Waals surface area (Å²) in [5.41, 5.74) is 4.67. The Balaban J connectivity index is 2.26. The molecule has 10 nitrogen and oxygen atoms in total. The van der Waals surface area contributed by atoms with E-state index < -0.39 is 17.2 Å². The van der Waals surface area contributed by atoms with Crippen molar-refractivity contribution >= 4 is 28.2 Å². The summed E-state index contributed by atoms with van der Waals surface area (Å²) in [6, 6.07) is 6.80. The highest BCUT2D eigenvalue weighted by molar-refractivity contribution is 6.13. The number of nitrogen functional groups attached to an aromatic ring is 1. The molecule has 0 atom stereocenters. The van der Waals surface area contributed by atoms with Gasteiger partial charge in [0.1, 0.15) is 5.82 Å². The van der Waals surface area contributed by atoms with Crippen molar-refractivity contribution in [1.29, 1.82) is 0 Å². The van der Waals surface area contributed by atoms with E-state index in [0.29, 0.717) is 30.3 Å². The van der Waals surface area contributed by atoms with Crippen molar-refractivity contribution < 1.29 is 4.79 Å². The van der Waals surface area contributed by atoms with Gasteiger partial charge in [-0.15, -0.1) is 0 Å². The number of rotatable bonds is 10. The minimum absolute atomic E-state index is 0.0222. The van der Waals surface area contributed by atoms with Gasteiger partial charge in [0, 0.05) is 25.0 Å². The number of nitrogens with two attached hydrogens (primary N) is 1. The molecule has 10 heteroatoms. The molecule has 0 spiro atoms. The van der Waals surface area contributed by atoms with Crippen LogP contribution < -0.4 is 27.4 Å². The molecule has 0 radical (unpaired) electrons. The Bertz CT molecular complexity index is 1390. The molecular weight excluding hydrogens is 448 g/mol. The zero-order valence-corrected chi connectivity index (χ0v) is 20.8. The highest BCUT2D eigenvalue weighted by atomic mass is 16.2. The van der Waals surface area contributed by atoms with E-state index in [9.17, 15) is 19.2 Å². The topological polar surface area (TPSA) is 136 Å². The number of H-pyrrole nitrogens is 1. The van der Waals surface area contributed by atoms with Crippen LogP contribution in [0.3, 0.4) is 0 Å². The lowest BCUT2D eigenvalue weighted by molar-refractivity contribution is 0.0978.